The van der Waals surface area contributed by atoms with E-state index >= 15 is 0 Å². The largest absolute Gasteiger partial charge is 0.336 e. The second-order valence-corrected chi connectivity index (χ2v) is 6.68. The summed E-state index contributed by atoms with van der Waals surface area (Å²) in [5, 5.41) is 14.1. The summed E-state index contributed by atoms with van der Waals surface area (Å²) in [7, 11) is 1.78. The predicted octanol–water partition coefficient (Wildman–Crippen LogP) is 2.51. The number of carbonyl (C=O) groups is 1. The number of thiazole rings is 1. The van der Waals surface area contributed by atoms with E-state index in [1.807, 2.05) is 17.5 Å². The number of nitrogens with zero attached hydrogens (tertiary/aromatic N) is 6. The summed E-state index contributed by atoms with van der Waals surface area (Å²) in [5.41, 5.74) is 2.35. The fraction of sp³-hybridized carbons (Fsp3) is 0.312. The minimum Gasteiger partial charge on any atom is -0.336 e. The van der Waals surface area contributed by atoms with Crippen LogP contribution in [0.25, 0.3) is 5.69 Å². The van der Waals surface area contributed by atoms with Crippen molar-refractivity contribution in [2.75, 3.05) is 7.05 Å². The van der Waals surface area contributed by atoms with Gasteiger partial charge < -0.3 is 4.90 Å². The van der Waals surface area contributed by atoms with Crippen molar-refractivity contribution in [1.82, 2.24) is 30.1 Å². The molecule has 124 valence electrons. The molecule has 1 aromatic carbocycles. The highest BCUT2D eigenvalue weighted by Crippen LogP contribution is 2.20. The van der Waals surface area contributed by atoms with E-state index in [1.54, 1.807) is 40.1 Å². The molecular formula is C16H18N6OS. The van der Waals surface area contributed by atoms with Crippen LogP contribution < -0.4 is 0 Å². The molecule has 0 aliphatic rings. The molecule has 0 spiro atoms. The van der Waals surface area contributed by atoms with Crippen LogP contribution in [-0.2, 0) is 6.54 Å². The molecule has 0 fully saturated rings. The van der Waals surface area contributed by atoms with E-state index < -0.39 is 0 Å². The molecule has 0 N–H and O–H groups in total. The molecule has 3 rings (SSSR count). The van der Waals surface area contributed by atoms with Gasteiger partial charge in [0.05, 0.1) is 22.9 Å². The van der Waals surface area contributed by atoms with E-state index in [1.165, 1.54) is 6.33 Å². The lowest BCUT2D eigenvalue weighted by atomic mass is 10.2. The molecule has 0 saturated carbocycles. The van der Waals surface area contributed by atoms with Gasteiger partial charge >= 0.3 is 0 Å². The Morgan fingerprint density at radius 2 is 2.04 bits per heavy atom. The summed E-state index contributed by atoms with van der Waals surface area (Å²) in [6, 6.07) is 7.18. The van der Waals surface area contributed by atoms with Gasteiger partial charge in [0, 0.05) is 23.9 Å². The first-order chi connectivity index (χ1) is 11.5. The van der Waals surface area contributed by atoms with Crippen LogP contribution in [0.3, 0.4) is 0 Å². The summed E-state index contributed by atoms with van der Waals surface area (Å²) in [5.74, 6) is 0.362. The number of hydrogen-bond acceptors (Lipinski definition) is 6. The molecule has 3 aromatic rings. The highest BCUT2D eigenvalue weighted by atomic mass is 32.1. The van der Waals surface area contributed by atoms with Crippen LogP contribution in [0, 0.1) is 0 Å². The zero-order valence-corrected chi connectivity index (χ0v) is 14.6. The molecule has 7 nitrogen and oxygen atoms in total. The van der Waals surface area contributed by atoms with Crippen LogP contribution in [0.4, 0.5) is 0 Å². The number of hydrogen-bond donors (Lipinski definition) is 0. The molecule has 0 unspecified atom stereocenters. The second kappa shape index (κ2) is 6.88. The second-order valence-electron chi connectivity index (χ2n) is 5.79. The maximum absolute atomic E-state index is 12.5. The predicted molar refractivity (Wildman–Crippen MR) is 91.2 cm³/mol. The van der Waals surface area contributed by atoms with Crippen LogP contribution >= 0.6 is 11.3 Å². The summed E-state index contributed by atoms with van der Waals surface area (Å²) < 4.78 is 1.54. The van der Waals surface area contributed by atoms with Gasteiger partial charge in [-0.15, -0.1) is 16.4 Å². The highest BCUT2D eigenvalue weighted by molar-refractivity contribution is 7.09. The molecule has 2 aromatic heterocycles. The Balaban J connectivity index is 1.68. The van der Waals surface area contributed by atoms with E-state index in [2.05, 4.69) is 34.4 Å². The van der Waals surface area contributed by atoms with E-state index in [0.29, 0.717) is 18.0 Å². The minimum absolute atomic E-state index is 0.0441. The highest BCUT2D eigenvalue weighted by Gasteiger charge is 2.14. The number of amides is 1. The van der Waals surface area contributed by atoms with Gasteiger partial charge in [-0.1, -0.05) is 13.8 Å². The first kappa shape index (κ1) is 16.3. The average Bonchev–Trinajstić information content (AvgIpc) is 3.26. The van der Waals surface area contributed by atoms with Crippen LogP contribution in [0.5, 0.6) is 0 Å². The van der Waals surface area contributed by atoms with Gasteiger partial charge in [-0.3, -0.25) is 4.79 Å². The van der Waals surface area contributed by atoms with Gasteiger partial charge in [-0.25, -0.2) is 9.67 Å². The molecule has 24 heavy (non-hydrogen) atoms. The van der Waals surface area contributed by atoms with Crippen LogP contribution in [0.15, 0.2) is 36.0 Å². The zero-order valence-electron chi connectivity index (χ0n) is 13.7. The first-order valence-corrected chi connectivity index (χ1v) is 8.45. The molecule has 0 atom stereocenters. The lowest BCUT2D eigenvalue weighted by Crippen LogP contribution is -2.26. The SMILES string of the molecule is CC(C)c1nc(CN(C)C(=O)c2ccc(-n3cnnn3)cc2)cs1. The summed E-state index contributed by atoms with van der Waals surface area (Å²) in [4.78, 5) is 18.8. The molecular weight excluding hydrogens is 324 g/mol. The molecule has 0 radical (unpaired) electrons. The van der Waals surface area contributed by atoms with Crippen molar-refractivity contribution in [2.24, 2.45) is 0 Å². The third kappa shape index (κ3) is 3.48. The van der Waals surface area contributed by atoms with Gasteiger partial charge in [0.2, 0.25) is 0 Å². The van der Waals surface area contributed by atoms with Crippen molar-refractivity contribution >= 4 is 17.2 Å². The fourth-order valence-electron chi connectivity index (χ4n) is 2.23. The smallest absolute Gasteiger partial charge is 0.253 e. The molecule has 2 heterocycles. The molecule has 1 amide bonds. The van der Waals surface area contributed by atoms with Crippen molar-refractivity contribution in [3.8, 4) is 5.69 Å². The maximum Gasteiger partial charge on any atom is 0.253 e. The number of aromatic nitrogens is 5. The average molecular weight is 342 g/mol. The van der Waals surface area contributed by atoms with Gasteiger partial charge in [0.15, 0.2) is 0 Å². The topological polar surface area (TPSA) is 76.8 Å². The lowest BCUT2D eigenvalue weighted by Gasteiger charge is -2.16. The van der Waals surface area contributed by atoms with Gasteiger partial charge in [-0.2, -0.15) is 0 Å². The minimum atomic E-state index is -0.0441. The van der Waals surface area contributed by atoms with E-state index in [9.17, 15) is 4.79 Å². The third-order valence-electron chi connectivity index (χ3n) is 3.54. The fourth-order valence-corrected chi connectivity index (χ4v) is 3.06. The monoisotopic (exact) mass is 342 g/mol. The number of benzene rings is 1. The zero-order chi connectivity index (χ0) is 17.1. The summed E-state index contributed by atoms with van der Waals surface area (Å²) in [6.07, 6.45) is 1.51. The quantitative estimate of drug-likeness (QED) is 0.712. The van der Waals surface area contributed by atoms with Crippen LogP contribution in [0.2, 0.25) is 0 Å². The summed E-state index contributed by atoms with van der Waals surface area (Å²) >= 11 is 1.64. The number of rotatable bonds is 5. The van der Waals surface area contributed by atoms with Crippen molar-refractivity contribution < 1.29 is 4.79 Å². The Morgan fingerprint density at radius 3 is 2.62 bits per heavy atom. The first-order valence-electron chi connectivity index (χ1n) is 7.58. The molecule has 0 saturated heterocycles. The van der Waals surface area contributed by atoms with E-state index in [4.69, 9.17) is 0 Å². The van der Waals surface area contributed by atoms with E-state index in [0.717, 1.165) is 16.4 Å². The Bertz CT molecular complexity index is 809. The standard InChI is InChI=1S/C16H18N6OS/c1-11(2)15-18-13(9-24-15)8-21(3)16(23)12-4-6-14(7-5-12)22-10-17-19-20-22/h4-7,9-11H,8H2,1-3H3. The summed E-state index contributed by atoms with van der Waals surface area (Å²) in [6.45, 7) is 4.73. The Hall–Kier alpha value is -2.61. The molecule has 0 bridgehead atoms. The van der Waals surface area contributed by atoms with Gasteiger partial charge in [0.25, 0.3) is 5.91 Å². The normalized spacial score (nSPS) is 11.0. The van der Waals surface area contributed by atoms with Crippen LogP contribution in [-0.4, -0.2) is 43.0 Å². The molecule has 0 aliphatic heterocycles. The number of carbonyl (C=O) groups excluding carboxylic acids is 1. The third-order valence-corrected chi connectivity index (χ3v) is 4.73. The molecule has 0 aliphatic carbocycles. The van der Waals surface area contributed by atoms with Crippen molar-refractivity contribution in [3.05, 3.63) is 52.2 Å². The van der Waals surface area contributed by atoms with Crippen LogP contribution in [0.1, 0.15) is 40.8 Å². The van der Waals surface area contributed by atoms with Crippen molar-refractivity contribution in [2.45, 2.75) is 26.3 Å². The Morgan fingerprint density at radius 1 is 1.29 bits per heavy atom. The van der Waals surface area contributed by atoms with Gasteiger partial charge in [-0.05, 0) is 34.7 Å². The molecule has 8 heteroatoms. The maximum atomic E-state index is 12.5. The Kier molecular flexibility index (Phi) is 4.66. The van der Waals surface area contributed by atoms with Crippen molar-refractivity contribution in [1.29, 1.82) is 0 Å². The lowest BCUT2D eigenvalue weighted by molar-refractivity contribution is 0.0783. The number of tetrazole rings is 1. The van der Waals surface area contributed by atoms with E-state index in [-0.39, 0.29) is 5.91 Å². The van der Waals surface area contributed by atoms with Gasteiger partial charge in [0.1, 0.15) is 6.33 Å². The Labute approximate surface area is 144 Å². The van der Waals surface area contributed by atoms with Crippen molar-refractivity contribution in [3.63, 3.8) is 0 Å².